The summed E-state index contributed by atoms with van der Waals surface area (Å²) in [5.74, 6) is 0. The zero-order valence-electron chi connectivity index (χ0n) is 12.2. The molecule has 2 N–H and O–H groups in total. The van der Waals surface area contributed by atoms with Crippen LogP contribution < -0.4 is 45.5 Å². The predicted octanol–water partition coefficient (Wildman–Crippen LogP) is -2.38. The summed E-state index contributed by atoms with van der Waals surface area (Å²) < 4.78 is 0.820. The van der Waals surface area contributed by atoms with Gasteiger partial charge in [-0.25, -0.2) is 0 Å². The van der Waals surface area contributed by atoms with Gasteiger partial charge >= 0.3 is 0 Å². The second kappa shape index (κ2) is 7.84. The molecule has 0 aliphatic carbocycles. The molecule has 0 aromatic heterocycles. The standard InChI is InChI=1S/C13H23N3O2.HI/c1-5-6-7-14-10-11(13(18)12(10)17)15-8-9-16(2,3)4;/h5-9H2,1-4H3,(H-,14,15,17,18);1H. The molecule has 0 aliphatic rings. The average molecular weight is 381 g/mol. The van der Waals surface area contributed by atoms with Gasteiger partial charge in [-0.15, -0.1) is 0 Å². The first-order chi connectivity index (χ1) is 8.37. The van der Waals surface area contributed by atoms with Gasteiger partial charge in [-0.1, -0.05) is 13.3 Å². The van der Waals surface area contributed by atoms with Crippen molar-refractivity contribution in [2.45, 2.75) is 19.8 Å². The zero-order chi connectivity index (χ0) is 13.8. The average Bonchev–Trinajstić information content (AvgIpc) is 2.29. The normalized spacial score (nSPS) is 11.2. The highest BCUT2D eigenvalue weighted by atomic mass is 127. The molecule has 5 nitrogen and oxygen atoms in total. The van der Waals surface area contributed by atoms with Crippen LogP contribution in [0.4, 0.5) is 11.4 Å². The summed E-state index contributed by atoms with van der Waals surface area (Å²) in [5, 5.41) is 6.10. The van der Waals surface area contributed by atoms with Crippen molar-refractivity contribution in [2.75, 3.05) is 51.4 Å². The Morgan fingerprint density at radius 3 is 1.84 bits per heavy atom. The molecule has 19 heavy (non-hydrogen) atoms. The maximum Gasteiger partial charge on any atom is 0.253 e. The molecule has 0 atom stereocenters. The summed E-state index contributed by atoms with van der Waals surface area (Å²) in [6.45, 7) is 4.42. The smallest absolute Gasteiger partial charge is 0.253 e. The van der Waals surface area contributed by atoms with E-state index in [1.165, 1.54) is 0 Å². The Hall–Kier alpha value is -0.630. The summed E-state index contributed by atoms with van der Waals surface area (Å²) in [4.78, 5) is 22.9. The molecule has 1 aromatic rings. The van der Waals surface area contributed by atoms with E-state index in [9.17, 15) is 9.59 Å². The molecule has 0 fully saturated rings. The molecular formula is C13H24IN3O2. The fourth-order valence-corrected chi connectivity index (χ4v) is 1.64. The van der Waals surface area contributed by atoms with Crippen molar-refractivity contribution in [3.05, 3.63) is 20.4 Å². The minimum absolute atomic E-state index is 0. The van der Waals surface area contributed by atoms with Crippen molar-refractivity contribution >= 4 is 11.4 Å². The van der Waals surface area contributed by atoms with E-state index < -0.39 is 5.43 Å². The number of hydrogen-bond acceptors (Lipinski definition) is 4. The summed E-state index contributed by atoms with van der Waals surface area (Å²) >= 11 is 0. The maximum absolute atomic E-state index is 11.4. The predicted molar refractivity (Wildman–Crippen MR) is 76.1 cm³/mol. The van der Waals surface area contributed by atoms with Crippen LogP contribution in [0.5, 0.6) is 0 Å². The van der Waals surface area contributed by atoms with Crippen LogP contribution >= 0.6 is 0 Å². The number of likely N-dealkylation sites (N-methyl/N-ethyl adjacent to an activating group) is 1. The van der Waals surface area contributed by atoms with E-state index in [0.29, 0.717) is 17.9 Å². The van der Waals surface area contributed by atoms with Crippen LogP contribution in [0.3, 0.4) is 0 Å². The van der Waals surface area contributed by atoms with Gasteiger partial charge < -0.3 is 39.1 Å². The molecule has 1 rings (SSSR count). The molecule has 6 heteroatoms. The second-order valence-electron chi connectivity index (χ2n) is 5.63. The first-order valence-electron chi connectivity index (χ1n) is 6.48. The van der Waals surface area contributed by atoms with E-state index in [-0.39, 0.29) is 29.4 Å². The first kappa shape index (κ1) is 18.4. The summed E-state index contributed by atoms with van der Waals surface area (Å²) in [7, 11) is 6.26. The third-order valence-corrected chi connectivity index (χ3v) is 2.83. The Labute approximate surface area is 131 Å². The third kappa shape index (κ3) is 5.48. The van der Waals surface area contributed by atoms with E-state index >= 15 is 0 Å². The Kier molecular flexibility index (Phi) is 7.58. The molecular weight excluding hydrogens is 357 g/mol. The van der Waals surface area contributed by atoms with Crippen molar-refractivity contribution < 1.29 is 28.5 Å². The minimum atomic E-state index is -0.393. The lowest BCUT2D eigenvalue weighted by molar-refractivity contribution is -0.868. The van der Waals surface area contributed by atoms with E-state index in [2.05, 4.69) is 38.7 Å². The zero-order valence-corrected chi connectivity index (χ0v) is 14.3. The van der Waals surface area contributed by atoms with Crippen molar-refractivity contribution in [1.82, 2.24) is 0 Å². The van der Waals surface area contributed by atoms with Crippen LogP contribution in [0.15, 0.2) is 9.59 Å². The largest absolute Gasteiger partial charge is 1.00 e. The Balaban J connectivity index is 0.00000324. The van der Waals surface area contributed by atoms with Gasteiger partial charge in [-0.3, -0.25) is 9.59 Å². The van der Waals surface area contributed by atoms with Crippen molar-refractivity contribution in [3.8, 4) is 0 Å². The van der Waals surface area contributed by atoms with Gasteiger partial charge in [0.1, 0.15) is 11.4 Å². The van der Waals surface area contributed by atoms with Crippen LogP contribution in [0.25, 0.3) is 0 Å². The number of hydrogen-bond donors (Lipinski definition) is 2. The Morgan fingerprint density at radius 2 is 1.42 bits per heavy atom. The van der Waals surface area contributed by atoms with E-state index in [1.807, 2.05) is 0 Å². The monoisotopic (exact) mass is 381 g/mol. The Bertz CT molecular complexity index is 459. The van der Waals surface area contributed by atoms with Crippen LogP contribution in [-0.4, -0.2) is 45.3 Å². The molecule has 0 unspecified atom stereocenters. The lowest BCUT2D eigenvalue weighted by atomic mass is 10.2. The lowest BCUT2D eigenvalue weighted by Crippen LogP contribution is -3.00. The van der Waals surface area contributed by atoms with Crippen molar-refractivity contribution in [2.24, 2.45) is 0 Å². The van der Waals surface area contributed by atoms with Gasteiger partial charge in [0.25, 0.3) is 10.9 Å². The first-order valence-corrected chi connectivity index (χ1v) is 6.48. The molecule has 0 saturated heterocycles. The second-order valence-corrected chi connectivity index (χ2v) is 5.63. The number of unbranched alkanes of at least 4 members (excludes halogenated alkanes) is 1. The fraction of sp³-hybridized carbons (Fsp3) is 0.692. The van der Waals surface area contributed by atoms with Crippen LogP contribution in [0.1, 0.15) is 19.8 Å². The molecule has 0 bridgehead atoms. The molecule has 0 amide bonds. The summed E-state index contributed by atoms with van der Waals surface area (Å²) in [6.07, 6.45) is 2.06. The number of rotatable bonds is 8. The number of nitrogens with zero attached hydrogens (tertiary/aromatic N) is 1. The number of quaternary nitrogens is 1. The number of anilines is 2. The van der Waals surface area contributed by atoms with Crippen molar-refractivity contribution in [1.29, 1.82) is 0 Å². The molecule has 0 saturated carbocycles. The summed E-state index contributed by atoms with van der Waals surface area (Å²) in [5.41, 5.74) is 0.147. The third-order valence-electron chi connectivity index (χ3n) is 2.83. The number of halogens is 1. The topological polar surface area (TPSA) is 58.2 Å². The fourth-order valence-electron chi connectivity index (χ4n) is 1.64. The minimum Gasteiger partial charge on any atom is -1.00 e. The van der Waals surface area contributed by atoms with Crippen molar-refractivity contribution in [3.63, 3.8) is 0 Å². The molecule has 0 heterocycles. The highest BCUT2D eigenvalue weighted by Gasteiger charge is 2.20. The van der Waals surface area contributed by atoms with Gasteiger partial charge in [0, 0.05) is 6.54 Å². The summed E-state index contributed by atoms with van der Waals surface area (Å²) in [6, 6.07) is 0. The SMILES string of the molecule is CCCCNc1c(NCC[N+](C)(C)C)c(=O)c1=O.[I-]. The number of nitrogens with one attached hydrogen (secondary N) is 2. The molecule has 0 spiro atoms. The van der Waals surface area contributed by atoms with Gasteiger partial charge in [0.15, 0.2) is 0 Å². The van der Waals surface area contributed by atoms with Crippen LogP contribution in [0, 0.1) is 0 Å². The molecule has 0 radical (unpaired) electrons. The van der Waals surface area contributed by atoms with E-state index in [1.54, 1.807) is 0 Å². The Morgan fingerprint density at radius 1 is 0.947 bits per heavy atom. The highest BCUT2D eigenvalue weighted by molar-refractivity contribution is 5.73. The molecule has 110 valence electrons. The van der Waals surface area contributed by atoms with Crippen LogP contribution in [-0.2, 0) is 0 Å². The van der Waals surface area contributed by atoms with Crippen LogP contribution in [0.2, 0.25) is 0 Å². The lowest BCUT2D eigenvalue weighted by Gasteiger charge is -2.24. The van der Waals surface area contributed by atoms with Gasteiger partial charge in [-0.2, -0.15) is 0 Å². The molecule has 1 aromatic carbocycles. The van der Waals surface area contributed by atoms with E-state index in [4.69, 9.17) is 0 Å². The van der Waals surface area contributed by atoms with Gasteiger partial charge in [0.2, 0.25) is 0 Å². The highest BCUT2D eigenvalue weighted by Crippen LogP contribution is 2.14. The van der Waals surface area contributed by atoms with Gasteiger partial charge in [0.05, 0.1) is 34.2 Å². The van der Waals surface area contributed by atoms with E-state index in [0.717, 1.165) is 30.4 Å². The quantitative estimate of drug-likeness (QED) is 0.229. The maximum atomic E-state index is 11.4. The molecule has 0 aliphatic heterocycles. The van der Waals surface area contributed by atoms with Gasteiger partial charge in [-0.05, 0) is 6.42 Å².